The van der Waals surface area contributed by atoms with Gasteiger partial charge in [-0.1, -0.05) is 24.3 Å². The number of hydrogen-bond donors (Lipinski definition) is 1. The standard InChI is InChI=1S/C26H22N4O3/c1-15-10-11-29-14-22(27-23(29)12-15)18-9-8-16(2)21(13-18)28-24(31)17(3)30-25(32)19-6-4-5-7-20(19)26(30)33/h4-14,17H,1-3H3,(H,28,31)/t17-/m0/s1. The lowest BCUT2D eigenvalue weighted by molar-refractivity contribution is -0.119. The molecule has 164 valence electrons. The van der Waals surface area contributed by atoms with Crippen LogP contribution in [0, 0.1) is 13.8 Å². The van der Waals surface area contributed by atoms with Gasteiger partial charge in [0.1, 0.15) is 11.7 Å². The van der Waals surface area contributed by atoms with Crippen molar-refractivity contribution in [2.75, 3.05) is 5.32 Å². The summed E-state index contributed by atoms with van der Waals surface area (Å²) in [4.78, 5) is 44.2. The molecule has 0 bridgehead atoms. The van der Waals surface area contributed by atoms with Crippen molar-refractivity contribution < 1.29 is 14.4 Å². The third kappa shape index (κ3) is 3.47. The lowest BCUT2D eigenvalue weighted by atomic mass is 10.1. The van der Waals surface area contributed by atoms with E-state index in [2.05, 4.69) is 10.3 Å². The second kappa shape index (κ2) is 7.70. The van der Waals surface area contributed by atoms with Gasteiger partial charge in [-0.3, -0.25) is 19.3 Å². The molecule has 33 heavy (non-hydrogen) atoms. The molecule has 0 fully saturated rings. The number of amides is 3. The molecule has 1 atom stereocenters. The highest BCUT2D eigenvalue weighted by Crippen LogP contribution is 2.28. The van der Waals surface area contributed by atoms with Gasteiger partial charge in [-0.25, -0.2) is 4.98 Å². The van der Waals surface area contributed by atoms with Gasteiger partial charge in [0.15, 0.2) is 0 Å². The molecular formula is C26H22N4O3. The summed E-state index contributed by atoms with van der Waals surface area (Å²) in [5.41, 5.74) is 5.71. The van der Waals surface area contributed by atoms with E-state index in [4.69, 9.17) is 0 Å². The number of nitrogens with zero attached hydrogens (tertiary/aromatic N) is 3. The number of pyridine rings is 1. The van der Waals surface area contributed by atoms with Crippen LogP contribution in [0.4, 0.5) is 5.69 Å². The zero-order valence-corrected chi connectivity index (χ0v) is 18.5. The van der Waals surface area contributed by atoms with Crippen LogP contribution in [0.25, 0.3) is 16.9 Å². The molecule has 0 radical (unpaired) electrons. The Hall–Kier alpha value is -4.26. The van der Waals surface area contributed by atoms with E-state index in [0.29, 0.717) is 16.8 Å². The van der Waals surface area contributed by atoms with Gasteiger partial charge in [-0.15, -0.1) is 0 Å². The number of imide groups is 1. The lowest BCUT2D eigenvalue weighted by Crippen LogP contribution is -2.45. The molecule has 2 aromatic heterocycles. The molecule has 0 aliphatic carbocycles. The van der Waals surface area contributed by atoms with Crippen molar-refractivity contribution in [3.8, 4) is 11.3 Å². The first-order valence-electron chi connectivity index (χ1n) is 10.7. The number of carbonyl (C=O) groups is 3. The SMILES string of the molecule is Cc1ccn2cc(-c3ccc(C)c(NC(=O)[C@H](C)N4C(=O)c5ccccc5C4=O)c3)nc2c1. The Kier molecular flexibility index (Phi) is 4.82. The molecule has 3 amide bonds. The molecule has 0 unspecified atom stereocenters. The highest BCUT2D eigenvalue weighted by Gasteiger charge is 2.40. The first kappa shape index (κ1) is 20.6. The maximum atomic E-state index is 13.0. The van der Waals surface area contributed by atoms with Crippen LogP contribution in [-0.2, 0) is 4.79 Å². The van der Waals surface area contributed by atoms with Crippen molar-refractivity contribution >= 4 is 29.1 Å². The number of carbonyl (C=O) groups excluding carboxylic acids is 3. The van der Waals surface area contributed by atoms with E-state index in [-0.39, 0.29) is 0 Å². The predicted octanol–water partition coefficient (Wildman–Crippen LogP) is 4.24. The Morgan fingerprint density at radius 1 is 0.970 bits per heavy atom. The summed E-state index contributed by atoms with van der Waals surface area (Å²) in [5.74, 6) is -1.34. The lowest BCUT2D eigenvalue weighted by Gasteiger charge is -2.22. The third-order valence-corrected chi connectivity index (χ3v) is 6.00. The van der Waals surface area contributed by atoms with E-state index in [9.17, 15) is 14.4 Å². The first-order valence-corrected chi connectivity index (χ1v) is 10.7. The number of imidazole rings is 1. The van der Waals surface area contributed by atoms with Gasteiger partial charge in [0.05, 0.1) is 16.8 Å². The van der Waals surface area contributed by atoms with Crippen LogP contribution in [0.15, 0.2) is 67.0 Å². The van der Waals surface area contributed by atoms with Crippen LogP contribution in [0.1, 0.15) is 38.8 Å². The topological polar surface area (TPSA) is 83.8 Å². The summed E-state index contributed by atoms with van der Waals surface area (Å²) in [6.45, 7) is 5.46. The molecule has 0 saturated carbocycles. The number of aryl methyl sites for hydroxylation is 2. The monoisotopic (exact) mass is 438 g/mol. The summed E-state index contributed by atoms with van der Waals surface area (Å²) >= 11 is 0. The van der Waals surface area contributed by atoms with Crippen molar-refractivity contribution in [3.05, 3.63) is 89.2 Å². The van der Waals surface area contributed by atoms with Crippen molar-refractivity contribution in [3.63, 3.8) is 0 Å². The molecule has 5 rings (SSSR count). The normalized spacial score (nSPS) is 14.0. The average molecular weight is 438 g/mol. The van der Waals surface area contributed by atoms with E-state index in [1.165, 1.54) is 0 Å². The maximum Gasteiger partial charge on any atom is 0.262 e. The van der Waals surface area contributed by atoms with Crippen molar-refractivity contribution in [2.45, 2.75) is 26.8 Å². The zero-order valence-electron chi connectivity index (χ0n) is 18.5. The van der Waals surface area contributed by atoms with Gasteiger partial charge in [0, 0.05) is 23.6 Å². The third-order valence-electron chi connectivity index (χ3n) is 6.00. The molecule has 7 nitrogen and oxygen atoms in total. The first-order chi connectivity index (χ1) is 15.8. The molecular weight excluding hydrogens is 416 g/mol. The van der Waals surface area contributed by atoms with Crippen molar-refractivity contribution in [1.29, 1.82) is 0 Å². The van der Waals surface area contributed by atoms with Crippen LogP contribution in [-0.4, -0.2) is 38.0 Å². The zero-order chi connectivity index (χ0) is 23.3. The Morgan fingerprint density at radius 2 is 1.67 bits per heavy atom. The molecule has 3 heterocycles. The quantitative estimate of drug-likeness (QED) is 0.483. The Bertz CT molecular complexity index is 1420. The van der Waals surface area contributed by atoms with Gasteiger partial charge in [-0.2, -0.15) is 0 Å². The molecule has 7 heteroatoms. The smallest absolute Gasteiger partial charge is 0.262 e. The Labute approximate surface area is 190 Å². The number of anilines is 1. The van der Waals surface area contributed by atoms with E-state index in [1.54, 1.807) is 31.2 Å². The van der Waals surface area contributed by atoms with E-state index >= 15 is 0 Å². The van der Waals surface area contributed by atoms with Gasteiger partial charge >= 0.3 is 0 Å². The van der Waals surface area contributed by atoms with Crippen molar-refractivity contribution in [2.24, 2.45) is 0 Å². The summed E-state index contributed by atoms with van der Waals surface area (Å²) in [7, 11) is 0. The van der Waals surface area contributed by atoms with E-state index in [0.717, 1.165) is 32.9 Å². The fourth-order valence-corrected chi connectivity index (χ4v) is 4.05. The molecule has 2 aromatic carbocycles. The van der Waals surface area contributed by atoms with Crippen LogP contribution >= 0.6 is 0 Å². The second-order valence-corrected chi connectivity index (χ2v) is 8.32. The number of hydrogen-bond acceptors (Lipinski definition) is 4. The van der Waals surface area contributed by atoms with Gasteiger partial charge in [0.25, 0.3) is 11.8 Å². The summed E-state index contributed by atoms with van der Waals surface area (Å²) in [6, 6.07) is 15.4. The number of nitrogens with one attached hydrogen (secondary N) is 1. The average Bonchev–Trinajstić information content (AvgIpc) is 3.33. The van der Waals surface area contributed by atoms with E-state index in [1.807, 2.05) is 61.0 Å². The van der Waals surface area contributed by atoms with E-state index < -0.39 is 23.8 Å². The van der Waals surface area contributed by atoms with Crippen LogP contribution in [0.2, 0.25) is 0 Å². The van der Waals surface area contributed by atoms with Crippen LogP contribution in [0.3, 0.4) is 0 Å². The minimum absolute atomic E-state index is 0.322. The maximum absolute atomic E-state index is 13.0. The fraction of sp³-hybridized carbons (Fsp3) is 0.154. The highest BCUT2D eigenvalue weighted by molar-refractivity contribution is 6.23. The minimum Gasteiger partial charge on any atom is -0.324 e. The number of rotatable bonds is 4. The molecule has 0 spiro atoms. The van der Waals surface area contributed by atoms with Crippen LogP contribution < -0.4 is 5.32 Å². The molecule has 0 saturated heterocycles. The Balaban J connectivity index is 1.40. The second-order valence-electron chi connectivity index (χ2n) is 8.32. The number of benzene rings is 2. The molecule has 1 aliphatic heterocycles. The van der Waals surface area contributed by atoms with Gasteiger partial charge in [-0.05, 0) is 62.2 Å². The summed E-state index contributed by atoms with van der Waals surface area (Å²) in [6.07, 6.45) is 3.90. The van der Waals surface area contributed by atoms with Gasteiger partial charge < -0.3 is 9.72 Å². The number of aromatic nitrogens is 2. The Morgan fingerprint density at radius 3 is 2.36 bits per heavy atom. The molecule has 1 aliphatic rings. The minimum atomic E-state index is -0.960. The van der Waals surface area contributed by atoms with Crippen molar-refractivity contribution in [1.82, 2.24) is 14.3 Å². The molecule has 4 aromatic rings. The predicted molar refractivity (Wildman–Crippen MR) is 125 cm³/mol. The summed E-state index contributed by atoms with van der Waals surface area (Å²) < 4.78 is 1.95. The van der Waals surface area contributed by atoms with Crippen LogP contribution in [0.5, 0.6) is 0 Å². The van der Waals surface area contributed by atoms with Gasteiger partial charge in [0.2, 0.25) is 5.91 Å². The largest absolute Gasteiger partial charge is 0.324 e. The summed E-state index contributed by atoms with van der Waals surface area (Å²) in [5, 5.41) is 2.89. The fourth-order valence-electron chi connectivity index (χ4n) is 4.05. The number of fused-ring (bicyclic) bond motifs is 2. The molecule has 1 N–H and O–H groups in total. The highest BCUT2D eigenvalue weighted by atomic mass is 16.2.